The maximum Gasteiger partial charge on any atom is 0.231 e. The summed E-state index contributed by atoms with van der Waals surface area (Å²) in [5.41, 5.74) is 2.06. The Kier molecular flexibility index (Phi) is 5.09. The number of hydrogen-bond acceptors (Lipinski definition) is 5. The number of carbonyl (C=O) groups is 1. The quantitative estimate of drug-likeness (QED) is 0.805. The van der Waals surface area contributed by atoms with Crippen molar-refractivity contribution in [2.24, 2.45) is 5.92 Å². The summed E-state index contributed by atoms with van der Waals surface area (Å²) < 4.78 is 11.1. The van der Waals surface area contributed by atoms with Crippen molar-refractivity contribution < 1.29 is 19.4 Å². The minimum Gasteiger partial charge on any atom is -0.507 e. The number of allylic oxidation sites excluding steroid dienone is 1. The van der Waals surface area contributed by atoms with E-state index in [0.29, 0.717) is 29.3 Å². The average Bonchev–Trinajstić information content (AvgIpc) is 3.01. The molecule has 5 heteroatoms. The van der Waals surface area contributed by atoms with Crippen LogP contribution in [0.4, 0.5) is 0 Å². The van der Waals surface area contributed by atoms with Crippen LogP contribution in [0.5, 0.6) is 17.2 Å². The Hall–Kier alpha value is -2.79. The molecule has 0 aliphatic carbocycles. The lowest BCUT2D eigenvalue weighted by Gasteiger charge is -2.31. The molecule has 5 nitrogen and oxygen atoms in total. The Labute approximate surface area is 165 Å². The van der Waals surface area contributed by atoms with Crippen molar-refractivity contribution in [3.8, 4) is 17.2 Å². The standard InChI is InChI=1S/C23H25NO4/c1-15-4-3-11-24(13-15)14-19-20(25)10-9-18-22(26)21(28-23(18)19)12-16-5-7-17(27-2)8-6-16/h5-10,12,15,25H,3-4,11,13-14H2,1-2H3/b21-12-/t15-/m1/s1. The van der Waals surface area contributed by atoms with E-state index in [1.807, 2.05) is 24.3 Å². The van der Waals surface area contributed by atoms with E-state index in [-0.39, 0.29) is 17.3 Å². The fraction of sp³-hybridized carbons (Fsp3) is 0.348. The number of hydrogen-bond donors (Lipinski definition) is 1. The molecule has 0 unspecified atom stereocenters. The summed E-state index contributed by atoms with van der Waals surface area (Å²) in [6.07, 6.45) is 4.12. The minimum absolute atomic E-state index is 0.154. The van der Waals surface area contributed by atoms with Crippen molar-refractivity contribution in [2.45, 2.75) is 26.3 Å². The third kappa shape index (κ3) is 3.62. The van der Waals surface area contributed by atoms with Crippen LogP contribution < -0.4 is 9.47 Å². The molecule has 0 radical (unpaired) electrons. The highest BCUT2D eigenvalue weighted by Gasteiger charge is 2.32. The number of ketones is 1. The highest BCUT2D eigenvalue weighted by molar-refractivity contribution is 6.15. The van der Waals surface area contributed by atoms with E-state index < -0.39 is 0 Å². The van der Waals surface area contributed by atoms with Crippen molar-refractivity contribution in [3.63, 3.8) is 0 Å². The zero-order valence-corrected chi connectivity index (χ0v) is 16.3. The van der Waals surface area contributed by atoms with E-state index in [1.165, 1.54) is 6.42 Å². The fourth-order valence-electron chi connectivity index (χ4n) is 3.96. The molecule has 4 rings (SSSR count). The highest BCUT2D eigenvalue weighted by atomic mass is 16.5. The van der Waals surface area contributed by atoms with Crippen LogP contribution in [0.15, 0.2) is 42.2 Å². The molecule has 1 fully saturated rings. The van der Waals surface area contributed by atoms with E-state index in [2.05, 4.69) is 11.8 Å². The van der Waals surface area contributed by atoms with Gasteiger partial charge < -0.3 is 14.6 Å². The van der Waals surface area contributed by atoms with Crippen molar-refractivity contribution in [2.75, 3.05) is 20.2 Å². The van der Waals surface area contributed by atoms with Crippen molar-refractivity contribution in [1.82, 2.24) is 4.90 Å². The maximum absolute atomic E-state index is 12.8. The lowest BCUT2D eigenvalue weighted by Crippen LogP contribution is -2.33. The van der Waals surface area contributed by atoms with Gasteiger partial charge in [0.25, 0.3) is 0 Å². The number of ether oxygens (including phenoxy) is 2. The molecular weight excluding hydrogens is 354 g/mol. The van der Waals surface area contributed by atoms with Crippen LogP contribution in [0.2, 0.25) is 0 Å². The highest BCUT2D eigenvalue weighted by Crippen LogP contribution is 2.40. The summed E-state index contributed by atoms with van der Waals surface area (Å²) in [5.74, 6) is 2.18. The molecule has 2 aliphatic heterocycles. The third-order valence-corrected chi connectivity index (χ3v) is 5.45. The van der Waals surface area contributed by atoms with Crippen molar-refractivity contribution in [3.05, 3.63) is 58.8 Å². The summed E-state index contributed by atoms with van der Waals surface area (Å²) in [4.78, 5) is 15.1. The Morgan fingerprint density at radius 3 is 2.75 bits per heavy atom. The van der Waals surface area contributed by atoms with Gasteiger partial charge in [-0.25, -0.2) is 0 Å². The molecule has 0 bridgehead atoms. The molecule has 1 saturated heterocycles. The van der Waals surface area contributed by atoms with E-state index in [4.69, 9.17) is 9.47 Å². The molecule has 2 aromatic carbocycles. The second kappa shape index (κ2) is 7.68. The number of aromatic hydroxyl groups is 1. The summed E-state index contributed by atoms with van der Waals surface area (Å²) in [5, 5.41) is 10.4. The first-order valence-corrected chi connectivity index (χ1v) is 9.70. The Bertz CT molecular complexity index is 917. The SMILES string of the molecule is COc1ccc(/C=C2\Oc3c(ccc(O)c3CN3CCC[C@@H](C)C3)C2=O)cc1. The number of likely N-dealkylation sites (tertiary alicyclic amines) is 1. The number of piperidine rings is 1. The van der Waals surface area contributed by atoms with Gasteiger partial charge in [0.2, 0.25) is 5.78 Å². The minimum atomic E-state index is -0.154. The van der Waals surface area contributed by atoms with E-state index in [9.17, 15) is 9.90 Å². The van der Waals surface area contributed by atoms with Gasteiger partial charge in [-0.2, -0.15) is 0 Å². The zero-order valence-electron chi connectivity index (χ0n) is 16.3. The Morgan fingerprint density at radius 2 is 2.04 bits per heavy atom. The molecule has 1 atom stereocenters. The van der Waals surface area contributed by atoms with Crippen LogP contribution in [0.1, 0.15) is 41.3 Å². The predicted molar refractivity (Wildman–Crippen MR) is 108 cm³/mol. The number of Topliss-reactive ketones (excluding diaryl/α,β-unsaturated/α-hetero) is 1. The van der Waals surface area contributed by atoms with Gasteiger partial charge in [-0.1, -0.05) is 19.1 Å². The number of fused-ring (bicyclic) bond motifs is 1. The van der Waals surface area contributed by atoms with Crippen LogP contribution >= 0.6 is 0 Å². The molecule has 2 heterocycles. The van der Waals surface area contributed by atoms with Gasteiger partial charge in [-0.15, -0.1) is 0 Å². The average molecular weight is 379 g/mol. The van der Waals surface area contributed by atoms with Gasteiger partial charge in [0.05, 0.1) is 18.2 Å². The molecule has 0 amide bonds. The zero-order chi connectivity index (χ0) is 19.7. The summed E-state index contributed by atoms with van der Waals surface area (Å²) >= 11 is 0. The number of carbonyl (C=O) groups excluding carboxylic acids is 1. The van der Waals surface area contributed by atoms with Crippen molar-refractivity contribution in [1.29, 1.82) is 0 Å². The van der Waals surface area contributed by atoms with Crippen LogP contribution in [-0.2, 0) is 6.54 Å². The molecule has 2 aliphatic rings. The van der Waals surface area contributed by atoms with Gasteiger partial charge >= 0.3 is 0 Å². The molecule has 0 aromatic heterocycles. The fourth-order valence-corrected chi connectivity index (χ4v) is 3.96. The molecule has 28 heavy (non-hydrogen) atoms. The Morgan fingerprint density at radius 1 is 1.25 bits per heavy atom. The number of benzene rings is 2. The molecule has 1 N–H and O–H groups in total. The van der Waals surface area contributed by atoms with Crippen molar-refractivity contribution >= 4 is 11.9 Å². The van der Waals surface area contributed by atoms with Crippen LogP contribution in [0, 0.1) is 5.92 Å². The first kappa shape index (κ1) is 18.6. The molecule has 0 saturated carbocycles. The van der Waals surface area contributed by atoms with Crippen LogP contribution in [0.3, 0.4) is 0 Å². The molecule has 0 spiro atoms. The number of methoxy groups -OCH3 is 1. The lowest BCUT2D eigenvalue weighted by molar-refractivity contribution is 0.101. The topological polar surface area (TPSA) is 59.0 Å². The summed E-state index contributed by atoms with van der Waals surface area (Å²) in [6.45, 7) is 4.82. The third-order valence-electron chi connectivity index (χ3n) is 5.45. The first-order valence-electron chi connectivity index (χ1n) is 9.70. The predicted octanol–water partition coefficient (Wildman–Crippen LogP) is 4.25. The van der Waals surface area contributed by atoms with Gasteiger partial charge in [-0.3, -0.25) is 9.69 Å². The number of nitrogens with zero attached hydrogens (tertiary/aromatic N) is 1. The summed E-state index contributed by atoms with van der Waals surface area (Å²) in [6, 6.07) is 10.7. The number of phenols is 1. The largest absolute Gasteiger partial charge is 0.507 e. The van der Waals surface area contributed by atoms with Gasteiger partial charge in [-0.05, 0) is 61.2 Å². The first-order chi connectivity index (χ1) is 13.5. The monoisotopic (exact) mass is 379 g/mol. The Balaban J connectivity index is 1.61. The van der Waals surface area contributed by atoms with E-state index in [0.717, 1.165) is 30.8 Å². The molecule has 146 valence electrons. The second-order valence-electron chi connectivity index (χ2n) is 7.64. The number of phenolic OH excluding ortho intramolecular Hbond substituents is 1. The van der Waals surface area contributed by atoms with E-state index in [1.54, 1.807) is 25.3 Å². The smallest absolute Gasteiger partial charge is 0.231 e. The number of rotatable bonds is 4. The normalized spacial score (nSPS) is 20.9. The van der Waals surface area contributed by atoms with Crippen LogP contribution in [0.25, 0.3) is 6.08 Å². The molecular formula is C23H25NO4. The summed E-state index contributed by atoms with van der Waals surface area (Å²) in [7, 11) is 1.62. The van der Waals surface area contributed by atoms with Gasteiger partial charge in [0, 0.05) is 13.1 Å². The maximum atomic E-state index is 12.8. The van der Waals surface area contributed by atoms with Gasteiger partial charge in [0.1, 0.15) is 17.2 Å². The van der Waals surface area contributed by atoms with E-state index >= 15 is 0 Å². The second-order valence-corrected chi connectivity index (χ2v) is 7.64. The van der Waals surface area contributed by atoms with Gasteiger partial charge in [0.15, 0.2) is 5.76 Å². The molecule has 2 aromatic rings. The van der Waals surface area contributed by atoms with Crippen LogP contribution in [-0.4, -0.2) is 36.0 Å². The lowest BCUT2D eigenvalue weighted by atomic mass is 9.99.